The summed E-state index contributed by atoms with van der Waals surface area (Å²) in [6, 6.07) is 21.9. The van der Waals surface area contributed by atoms with E-state index in [4.69, 9.17) is 14.2 Å². The maximum absolute atomic E-state index is 15.2. The van der Waals surface area contributed by atoms with E-state index >= 15 is 4.79 Å². The van der Waals surface area contributed by atoms with Gasteiger partial charge < -0.3 is 29.0 Å². The molecule has 0 bridgehead atoms. The summed E-state index contributed by atoms with van der Waals surface area (Å²) in [5, 5.41) is 19.0. The molecule has 0 saturated carbocycles. The average Bonchev–Trinajstić information content (AvgIpc) is 3.84. The number of fused-ring (bicyclic) bond motifs is 2. The molecule has 7 atom stereocenters. The third-order valence-corrected chi connectivity index (χ3v) is 14.7. The number of hydrogen-bond acceptors (Lipinski definition) is 12. The van der Waals surface area contributed by atoms with Crippen LogP contribution in [0.1, 0.15) is 68.3 Å². The van der Waals surface area contributed by atoms with E-state index < -0.39 is 55.9 Å². The van der Waals surface area contributed by atoms with Gasteiger partial charge in [0.05, 0.1) is 49.4 Å². The van der Waals surface area contributed by atoms with Crippen molar-refractivity contribution in [3.05, 3.63) is 101 Å². The highest BCUT2D eigenvalue weighted by molar-refractivity contribution is 6.71. The van der Waals surface area contributed by atoms with Crippen LogP contribution in [0.4, 0.5) is 17.1 Å². The van der Waals surface area contributed by atoms with E-state index in [1.54, 1.807) is 58.2 Å². The van der Waals surface area contributed by atoms with Gasteiger partial charge in [0.2, 0.25) is 11.8 Å². The monoisotopic (exact) mass is 836 g/mol. The van der Waals surface area contributed by atoms with Crippen LogP contribution < -0.4 is 14.7 Å². The van der Waals surface area contributed by atoms with Gasteiger partial charge >= 0.3 is 11.9 Å². The molecule has 3 unspecified atom stereocenters. The summed E-state index contributed by atoms with van der Waals surface area (Å²) < 4.78 is 19.5. The first-order valence-corrected chi connectivity index (χ1v) is 23.1. The second-order valence-corrected chi connectivity index (χ2v) is 20.5. The first kappa shape index (κ1) is 41.0. The van der Waals surface area contributed by atoms with Gasteiger partial charge in [-0.2, -0.15) is 0 Å². The highest BCUT2D eigenvalue weighted by Crippen LogP contribution is 2.60. The molecule has 2 N–H and O–H groups in total. The summed E-state index contributed by atoms with van der Waals surface area (Å²) in [6.45, 7) is 8.54. The average molecular weight is 837 g/mol. The number of aliphatic hydroxyl groups excluding tert-OH is 1. The maximum atomic E-state index is 15.2. The van der Waals surface area contributed by atoms with Gasteiger partial charge in [0.25, 0.3) is 5.91 Å². The minimum absolute atomic E-state index is 0.0310. The first-order chi connectivity index (χ1) is 28.6. The Balaban J connectivity index is 1.12. The van der Waals surface area contributed by atoms with Crippen LogP contribution in [0.2, 0.25) is 18.6 Å². The molecule has 4 aliphatic rings. The van der Waals surface area contributed by atoms with Crippen molar-refractivity contribution in [1.29, 1.82) is 0 Å². The fraction of sp³-hybridized carbons (Fsp3) is 0.419. The van der Waals surface area contributed by atoms with Crippen molar-refractivity contribution in [2.45, 2.75) is 102 Å². The molecular weight excluding hydrogens is 789 g/mol. The number of carbonyl (C=O) groups excluding carboxylic acids is 5. The summed E-state index contributed by atoms with van der Waals surface area (Å²) in [6.07, 6.45) is 0.259. The number of carbonyl (C=O) groups is 5. The second kappa shape index (κ2) is 15.7. The number of aromatic nitrogens is 3. The lowest BCUT2D eigenvalue weighted by Gasteiger charge is -2.39. The quantitative estimate of drug-likeness (QED) is 0.112. The Bertz CT molecular complexity index is 2330. The zero-order valence-corrected chi connectivity index (χ0v) is 35.1. The number of aliphatic hydroxyl groups is 1. The van der Waals surface area contributed by atoms with Crippen LogP contribution in [0.5, 0.6) is 0 Å². The predicted octanol–water partition coefficient (Wildman–Crippen LogP) is 4.09. The van der Waals surface area contributed by atoms with Crippen molar-refractivity contribution in [3.63, 3.8) is 0 Å². The van der Waals surface area contributed by atoms with E-state index in [1.165, 1.54) is 23.6 Å². The Morgan fingerprint density at radius 2 is 1.53 bits per heavy atom. The minimum Gasteiger partial charge on any atom is -0.441 e. The molecule has 3 saturated heterocycles. The normalized spacial score (nSPS) is 25.3. The number of β-lactam (4-membered cyclic amide) rings is 2. The Labute approximate surface area is 347 Å². The number of esters is 2. The second-order valence-electron chi connectivity index (χ2n) is 16.5. The van der Waals surface area contributed by atoms with Gasteiger partial charge in [0.15, 0.2) is 26.4 Å². The molecule has 4 aliphatic heterocycles. The van der Waals surface area contributed by atoms with Gasteiger partial charge in [-0.05, 0) is 61.0 Å². The van der Waals surface area contributed by atoms with E-state index in [0.717, 1.165) is 11.1 Å². The Morgan fingerprint density at radius 1 is 0.917 bits per heavy atom. The SMILES string of the molecule is CC(=O)OC1CC(=O)N1c1ccc(CN2C(=O)[C@]3(O[C@H](CCn4cc(C(CO)c5ccccc5)nn4)[C@@H]([Si](C)(C)O)[C@@H]3C)c3cc(N4C(=O)CC4OC(C)=O)ccc32)cc1. The van der Waals surface area contributed by atoms with Crippen LogP contribution in [0.3, 0.4) is 0 Å². The van der Waals surface area contributed by atoms with Crippen molar-refractivity contribution >= 4 is 55.0 Å². The van der Waals surface area contributed by atoms with Crippen molar-refractivity contribution in [2.24, 2.45) is 5.92 Å². The van der Waals surface area contributed by atoms with Crippen molar-refractivity contribution < 1.29 is 48.1 Å². The van der Waals surface area contributed by atoms with Crippen molar-refractivity contribution in [3.8, 4) is 0 Å². The lowest BCUT2D eigenvalue weighted by molar-refractivity contribution is -0.155. The topological polar surface area (TPSA) is 194 Å². The van der Waals surface area contributed by atoms with Crippen LogP contribution >= 0.6 is 0 Å². The third kappa shape index (κ3) is 7.18. The molecule has 3 aromatic carbocycles. The van der Waals surface area contributed by atoms with Gasteiger partial charge in [0.1, 0.15) is 0 Å². The number of benzene rings is 3. The first-order valence-electron chi connectivity index (χ1n) is 20.1. The van der Waals surface area contributed by atoms with E-state index in [9.17, 15) is 29.1 Å². The molecule has 4 aromatic rings. The fourth-order valence-corrected chi connectivity index (χ4v) is 12.1. The molecular formula is C43H48N6O10Si. The molecule has 5 heterocycles. The number of rotatable bonds is 13. The molecule has 8 rings (SSSR count). The van der Waals surface area contributed by atoms with Crippen LogP contribution in [-0.4, -0.2) is 88.0 Å². The molecule has 314 valence electrons. The van der Waals surface area contributed by atoms with Crippen molar-refractivity contribution in [2.75, 3.05) is 21.3 Å². The fourth-order valence-electron chi connectivity index (χ4n) is 9.45. The lowest BCUT2D eigenvalue weighted by Crippen LogP contribution is -2.55. The smallest absolute Gasteiger partial charge is 0.304 e. The predicted molar refractivity (Wildman–Crippen MR) is 219 cm³/mol. The third-order valence-electron chi connectivity index (χ3n) is 12.2. The number of nitrogens with zero attached hydrogens (tertiary/aromatic N) is 6. The number of aryl methyl sites for hydroxylation is 1. The largest absolute Gasteiger partial charge is 0.441 e. The standard InChI is InChI=1S/C43H48N6O10Si/c1-25-41(60(4,5)56)36(17-18-46-23-34(44-45-46)32(24-50)29-9-7-6-8-10-29)59-43(25)33-19-31(49-38(54)21-40(49)58-27(3)52)15-16-35(33)47(42(43)55)22-28-11-13-30(14-12-28)48-37(53)20-39(48)57-26(2)51/h6-16,19,23,25,32,36,39-41,50,56H,17-18,20-22,24H2,1-5H3/t25-,32?,36+,39?,40?,41-,43+/m0/s1. The molecule has 0 aliphatic carbocycles. The van der Waals surface area contributed by atoms with Gasteiger partial charge in [-0.1, -0.05) is 54.6 Å². The van der Waals surface area contributed by atoms with Gasteiger partial charge in [0, 0.05) is 55.0 Å². The molecule has 16 nitrogen and oxygen atoms in total. The summed E-state index contributed by atoms with van der Waals surface area (Å²) >= 11 is 0. The van der Waals surface area contributed by atoms with Gasteiger partial charge in [-0.25, -0.2) is 0 Å². The number of ether oxygens (including phenoxy) is 3. The molecule has 60 heavy (non-hydrogen) atoms. The molecule has 1 aromatic heterocycles. The number of hydrogen-bond donors (Lipinski definition) is 2. The summed E-state index contributed by atoms with van der Waals surface area (Å²) in [4.78, 5) is 80.6. The van der Waals surface area contributed by atoms with E-state index in [2.05, 4.69) is 10.3 Å². The molecule has 1 spiro atoms. The Morgan fingerprint density at radius 3 is 2.12 bits per heavy atom. The van der Waals surface area contributed by atoms with E-state index in [0.29, 0.717) is 41.3 Å². The minimum atomic E-state index is -3.06. The summed E-state index contributed by atoms with van der Waals surface area (Å²) in [7, 11) is -3.06. The van der Waals surface area contributed by atoms with Crippen molar-refractivity contribution in [1.82, 2.24) is 15.0 Å². The van der Waals surface area contributed by atoms with Crippen LogP contribution in [0.15, 0.2) is 79.0 Å². The van der Waals surface area contributed by atoms with Crippen LogP contribution in [0, 0.1) is 5.92 Å². The summed E-state index contributed by atoms with van der Waals surface area (Å²) in [5.74, 6) is -2.63. The Hall–Kier alpha value is -5.75. The summed E-state index contributed by atoms with van der Waals surface area (Å²) in [5.41, 5.74) is 2.41. The van der Waals surface area contributed by atoms with Gasteiger partial charge in [-0.3, -0.25) is 38.5 Å². The van der Waals surface area contributed by atoms with Crippen LogP contribution in [0.25, 0.3) is 0 Å². The molecule has 3 fully saturated rings. The Kier molecular flexibility index (Phi) is 10.7. The number of amides is 3. The van der Waals surface area contributed by atoms with Gasteiger partial charge in [-0.15, -0.1) is 5.10 Å². The van der Waals surface area contributed by atoms with E-state index in [-0.39, 0.29) is 49.6 Å². The molecule has 17 heteroatoms. The maximum Gasteiger partial charge on any atom is 0.304 e. The van der Waals surface area contributed by atoms with E-state index in [1.807, 2.05) is 50.3 Å². The highest BCUT2D eigenvalue weighted by atomic mass is 28.4. The molecule has 3 amide bonds. The molecule has 0 radical (unpaired) electrons. The number of anilines is 3. The lowest BCUT2D eigenvalue weighted by atomic mass is 9.82. The zero-order valence-electron chi connectivity index (χ0n) is 34.1. The van der Waals surface area contributed by atoms with Crippen LogP contribution in [-0.2, 0) is 56.9 Å². The highest BCUT2D eigenvalue weighted by Gasteiger charge is 2.66. The zero-order chi connectivity index (χ0) is 42.7.